The highest BCUT2D eigenvalue weighted by molar-refractivity contribution is 7.92. The zero-order valence-corrected chi connectivity index (χ0v) is 21.1. The van der Waals surface area contributed by atoms with Crippen LogP contribution < -0.4 is 25.2 Å². The maximum atomic E-state index is 13.5. The summed E-state index contributed by atoms with van der Waals surface area (Å²) in [7, 11) is -4.48. The summed E-state index contributed by atoms with van der Waals surface area (Å²) >= 11 is 0. The number of alkyl halides is 3. The number of aryl methyl sites for hydroxylation is 1. The van der Waals surface area contributed by atoms with Crippen molar-refractivity contribution in [2.45, 2.75) is 57.0 Å². The molecule has 204 valence electrons. The molecule has 16 heteroatoms. The molecule has 0 saturated heterocycles. The van der Waals surface area contributed by atoms with E-state index in [-0.39, 0.29) is 36.1 Å². The van der Waals surface area contributed by atoms with Crippen molar-refractivity contribution in [3.8, 4) is 5.75 Å². The van der Waals surface area contributed by atoms with Crippen molar-refractivity contribution in [2.75, 3.05) is 22.7 Å². The summed E-state index contributed by atoms with van der Waals surface area (Å²) in [6.45, 7) is 4.24. The smallest absolute Gasteiger partial charge is 0.427 e. The first-order valence-corrected chi connectivity index (χ1v) is 12.4. The van der Waals surface area contributed by atoms with Gasteiger partial charge in [0.2, 0.25) is 11.5 Å². The highest BCUT2D eigenvalue weighted by atomic mass is 32.2. The number of nitrogens with one attached hydrogen (secondary N) is 3. The van der Waals surface area contributed by atoms with Crippen LogP contribution >= 0.6 is 0 Å². The molecule has 1 aliphatic heterocycles. The van der Waals surface area contributed by atoms with Gasteiger partial charge in [-0.15, -0.1) is 0 Å². The zero-order chi connectivity index (χ0) is 27.8. The van der Waals surface area contributed by atoms with Crippen molar-refractivity contribution in [3.05, 3.63) is 34.7 Å². The molecule has 12 nitrogen and oxygen atoms in total. The lowest BCUT2D eigenvalue weighted by Gasteiger charge is -2.35. The number of carbonyl (C=O) groups is 2. The minimum Gasteiger partial charge on any atom is -0.484 e. The molecule has 0 fully saturated rings. The van der Waals surface area contributed by atoms with E-state index in [0.717, 1.165) is 16.6 Å². The highest BCUT2D eigenvalue weighted by Gasteiger charge is 2.51. The molecule has 0 spiro atoms. The molecular weight excluding hydrogens is 523 g/mol. The van der Waals surface area contributed by atoms with Gasteiger partial charge in [0.15, 0.2) is 4.90 Å². The number of fused-ring (bicyclic) bond motifs is 1. The van der Waals surface area contributed by atoms with Gasteiger partial charge in [0.25, 0.3) is 15.6 Å². The molecule has 0 unspecified atom stereocenters. The van der Waals surface area contributed by atoms with Crippen LogP contribution in [-0.2, 0) is 26.1 Å². The molecule has 1 aliphatic rings. The molecule has 1 atom stereocenters. The summed E-state index contributed by atoms with van der Waals surface area (Å²) in [6, 6.07) is 3.73. The highest BCUT2D eigenvalue weighted by Crippen LogP contribution is 2.39. The number of sulfonamides is 1. The SMILES string of the molecule is CCn1cc(S(=O)(=O)N2C[C@H](CNC(C)=O)Oc3ccc(NC(=O)OC(C)(C)C(F)(F)F)cc32)c(=O)[nH]1. The third-order valence-electron chi connectivity index (χ3n) is 5.40. The number of nitrogens with zero attached hydrogens (tertiary/aromatic N) is 2. The molecule has 2 amide bonds. The molecular formula is C21H26F3N5O7S. The summed E-state index contributed by atoms with van der Waals surface area (Å²) in [5, 5.41) is 7.06. The van der Waals surface area contributed by atoms with E-state index in [1.54, 1.807) is 6.92 Å². The van der Waals surface area contributed by atoms with E-state index in [1.165, 1.54) is 23.7 Å². The third-order valence-corrected chi connectivity index (χ3v) is 7.17. The van der Waals surface area contributed by atoms with E-state index < -0.39 is 44.5 Å². The van der Waals surface area contributed by atoms with E-state index in [9.17, 15) is 36.0 Å². The molecule has 3 rings (SSSR count). The predicted octanol–water partition coefficient (Wildman–Crippen LogP) is 2.18. The number of benzene rings is 1. The van der Waals surface area contributed by atoms with Crippen molar-refractivity contribution in [2.24, 2.45) is 0 Å². The van der Waals surface area contributed by atoms with Gasteiger partial charge in [-0.25, -0.2) is 13.2 Å². The van der Waals surface area contributed by atoms with Gasteiger partial charge in [-0.1, -0.05) is 0 Å². The van der Waals surface area contributed by atoms with E-state index in [0.29, 0.717) is 20.4 Å². The van der Waals surface area contributed by atoms with Crippen molar-refractivity contribution < 1.29 is 40.7 Å². The Bertz CT molecular complexity index is 1350. The largest absolute Gasteiger partial charge is 0.484 e. The van der Waals surface area contributed by atoms with Crippen molar-refractivity contribution >= 4 is 33.4 Å². The second-order valence-corrected chi connectivity index (χ2v) is 10.5. The number of aromatic nitrogens is 2. The van der Waals surface area contributed by atoms with Crippen LogP contribution in [0.2, 0.25) is 0 Å². The molecule has 0 bridgehead atoms. The van der Waals surface area contributed by atoms with Gasteiger partial charge in [0.05, 0.1) is 18.8 Å². The topological polar surface area (TPSA) is 152 Å². The number of amides is 2. The lowest BCUT2D eigenvalue weighted by atomic mass is 10.1. The Morgan fingerprint density at radius 2 is 1.95 bits per heavy atom. The fourth-order valence-electron chi connectivity index (χ4n) is 3.30. The first-order valence-electron chi connectivity index (χ1n) is 11.0. The molecule has 2 aromatic rings. The normalized spacial score (nSPS) is 16.0. The van der Waals surface area contributed by atoms with Crippen LogP contribution in [0.25, 0.3) is 0 Å². The summed E-state index contributed by atoms with van der Waals surface area (Å²) in [6.07, 6.45) is -5.96. The Hall–Kier alpha value is -3.69. The molecule has 3 N–H and O–H groups in total. The molecule has 37 heavy (non-hydrogen) atoms. The minimum absolute atomic E-state index is 0.0334. The number of hydrogen-bond donors (Lipinski definition) is 3. The van der Waals surface area contributed by atoms with Gasteiger partial charge < -0.3 is 14.8 Å². The molecule has 0 aliphatic carbocycles. The predicted molar refractivity (Wildman–Crippen MR) is 125 cm³/mol. The van der Waals surface area contributed by atoms with Crippen molar-refractivity contribution in [1.82, 2.24) is 15.1 Å². The molecule has 1 aromatic heterocycles. The number of H-pyrrole nitrogens is 1. The number of halogens is 3. The van der Waals surface area contributed by atoms with Crippen LogP contribution in [0.3, 0.4) is 0 Å². The number of aromatic amines is 1. The minimum atomic E-state index is -4.83. The number of hydrogen-bond acceptors (Lipinski definition) is 7. The molecule has 0 radical (unpaired) electrons. The Kier molecular flexibility index (Phi) is 7.53. The quantitative estimate of drug-likeness (QED) is 0.479. The molecule has 1 aromatic carbocycles. The Labute approximate surface area is 209 Å². The first kappa shape index (κ1) is 27.9. The van der Waals surface area contributed by atoms with Gasteiger partial charge in [-0.05, 0) is 39.0 Å². The van der Waals surface area contributed by atoms with Gasteiger partial charge in [0, 0.05) is 25.4 Å². The van der Waals surface area contributed by atoms with Crippen LogP contribution in [0, 0.1) is 0 Å². The standard InChI is InChI=1S/C21H26F3N5O7S/c1-5-28-11-17(18(31)27-28)37(33,34)29-10-14(9-25-12(2)30)35-16-7-6-13(8-15(16)29)26-19(32)36-20(3,4)21(22,23)24/h6-8,11,14H,5,9-10H2,1-4H3,(H,25,30)(H,26,32)(H,27,31)/t14-/m0/s1. The molecule has 2 heterocycles. The van der Waals surface area contributed by atoms with E-state index in [2.05, 4.69) is 20.5 Å². The summed E-state index contributed by atoms with van der Waals surface area (Å²) in [5.41, 5.74) is -3.82. The number of ether oxygens (including phenoxy) is 2. The van der Waals surface area contributed by atoms with Gasteiger partial charge >= 0.3 is 12.3 Å². The Morgan fingerprint density at radius 1 is 1.27 bits per heavy atom. The van der Waals surface area contributed by atoms with Crippen molar-refractivity contribution in [1.29, 1.82) is 0 Å². The van der Waals surface area contributed by atoms with Crippen LogP contribution in [0.15, 0.2) is 34.1 Å². The summed E-state index contributed by atoms with van der Waals surface area (Å²) in [5.74, 6) is -0.341. The first-order chi connectivity index (χ1) is 17.0. The van der Waals surface area contributed by atoms with Gasteiger partial charge in [0.1, 0.15) is 11.9 Å². The summed E-state index contributed by atoms with van der Waals surface area (Å²) in [4.78, 5) is 35.3. The average Bonchev–Trinajstić information content (AvgIpc) is 3.17. The third kappa shape index (κ3) is 6.00. The van der Waals surface area contributed by atoms with Crippen LogP contribution in [0.1, 0.15) is 27.7 Å². The van der Waals surface area contributed by atoms with E-state index in [1.807, 2.05) is 0 Å². The summed E-state index contributed by atoms with van der Waals surface area (Å²) < 4.78 is 78.7. The van der Waals surface area contributed by atoms with E-state index in [4.69, 9.17) is 4.74 Å². The second-order valence-electron chi connectivity index (χ2n) is 8.64. The van der Waals surface area contributed by atoms with E-state index >= 15 is 0 Å². The lowest BCUT2D eigenvalue weighted by molar-refractivity contribution is -0.242. The van der Waals surface area contributed by atoms with Gasteiger partial charge in [-0.2, -0.15) is 13.2 Å². The lowest BCUT2D eigenvalue weighted by Crippen LogP contribution is -2.48. The van der Waals surface area contributed by atoms with Crippen LogP contribution in [0.5, 0.6) is 5.75 Å². The Balaban J connectivity index is 1.98. The average molecular weight is 550 g/mol. The van der Waals surface area contributed by atoms with Crippen molar-refractivity contribution in [3.63, 3.8) is 0 Å². The fraction of sp³-hybridized carbons (Fsp3) is 0.476. The number of rotatable bonds is 7. The van der Waals surface area contributed by atoms with Gasteiger partial charge in [-0.3, -0.25) is 29.0 Å². The number of anilines is 2. The van der Waals surface area contributed by atoms with Crippen LogP contribution in [-0.4, -0.2) is 61.2 Å². The monoisotopic (exact) mass is 549 g/mol. The maximum Gasteiger partial charge on any atom is 0.427 e. The second kappa shape index (κ2) is 9.99. The Morgan fingerprint density at radius 3 is 2.51 bits per heavy atom. The zero-order valence-electron chi connectivity index (χ0n) is 20.3. The number of carbonyl (C=O) groups excluding carboxylic acids is 2. The maximum absolute atomic E-state index is 13.5. The van der Waals surface area contributed by atoms with Crippen LogP contribution in [0.4, 0.5) is 29.3 Å². The molecule has 0 saturated carbocycles. The fourth-order valence-corrected chi connectivity index (χ4v) is 4.85.